The van der Waals surface area contributed by atoms with Crippen LogP contribution in [-0.4, -0.2) is 78.3 Å². The molecule has 2 aliphatic heterocycles. The first kappa shape index (κ1) is 33.4. The van der Waals surface area contributed by atoms with Gasteiger partial charge >= 0.3 is 0 Å². The lowest BCUT2D eigenvalue weighted by atomic mass is 10.1. The molecule has 0 bridgehead atoms. The van der Waals surface area contributed by atoms with Crippen molar-refractivity contribution in [2.75, 3.05) is 33.3 Å². The summed E-state index contributed by atoms with van der Waals surface area (Å²) in [6, 6.07) is 9.15. The first-order chi connectivity index (χ1) is 25.4. The number of pyridine rings is 2. The summed E-state index contributed by atoms with van der Waals surface area (Å²) in [5.41, 5.74) is 7.69. The molecule has 2 N–H and O–H groups in total. The first-order valence-corrected chi connectivity index (χ1v) is 17.9. The fourth-order valence-corrected chi connectivity index (χ4v) is 7.85. The average Bonchev–Trinajstić information content (AvgIpc) is 3.96. The first-order valence-electron chi connectivity index (χ1n) is 17.9. The van der Waals surface area contributed by atoms with Gasteiger partial charge in [-0.25, -0.2) is 9.20 Å². The van der Waals surface area contributed by atoms with Crippen LogP contribution in [0.25, 0.3) is 33.4 Å². The molecule has 15 heteroatoms. The van der Waals surface area contributed by atoms with Gasteiger partial charge in [-0.05, 0) is 84.8 Å². The predicted octanol–water partition coefficient (Wildman–Crippen LogP) is 3.68. The van der Waals surface area contributed by atoms with Crippen LogP contribution in [-0.2, 0) is 6.54 Å². The lowest BCUT2D eigenvalue weighted by Crippen LogP contribution is -2.45. The molecule has 8 rings (SSSR count). The zero-order chi connectivity index (χ0) is 35.9. The van der Waals surface area contributed by atoms with Crippen LogP contribution < -0.4 is 24.8 Å². The second kappa shape index (κ2) is 13.7. The Morgan fingerprint density at radius 1 is 0.865 bits per heavy atom. The van der Waals surface area contributed by atoms with E-state index in [1.165, 1.54) is 0 Å². The fourth-order valence-electron chi connectivity index (χ4n) is 7.85. The van der Waals surface area contributed by atoms with Crippen LogP contribution in [0.2, 0.25) is 0 Å². The van der Waals surface area contributed by atoms with Gasteiger partial charge in [0.25, 0.3) is 0 Å². The van der Waals surface area contributed by atoms with Gasteiger partial charge in [-0.15, -0.1) is 14.3 Å². The minimum atomic E-state index is -0.383. The van der Waals surface area contributed by atoms with Crippen molar-refractivity contribution in [3.63, 3.8) is 0 Å². The van der Waals surface area contributed by atoms with Crippen LogP contribution in [0, 0.1) is 36.5 Å². The van der Waals surface area contributed by atoms with Gasteiger partial charge in [0.2, 0.25) is 12.7 Å². The summed E-state index contributed by atoms with van der Waals surface area (Å²) in [4.78, 5) is 0. The highest BCUT2D eigenvalue weighted by molar-refractivity contribution is 5.76. The van der Waals surface area contributed by atoms with Crippen LogP contribution >= 0.6 is 0 Å². The number of hydrogen-bond donors (Lipinski definition) is 2. The quantitative estimate of drug-likeness (QED) is 0.213. The molecule has 52 heavy (non-hydrogen) atoms. The molecule has 2 fully saturated rings. The van der Waals surface area contributed by atoms with Gasteiger partial charge in [0.1, 0.15) is 34.7 Å². The number of nitriles is 2. The summed E-state index contributed by atoms with van der Waals surface area (Å²) in [7, 11) is 1.61. The highest BCUT2D eigenvalue weighted by Crippen LogP contribution is 2.35. The molecule has 6 aromatic heterocycles. The second-order valence-electron chi connectivity index (χ2n) is 13.8. The van der Waals surface area contributed by atoms with Crippen LogP contribution in [0.1, 0.15) is 67.2 Å². The molecule has 0 amide bonds. The van der Waals surface area contributed by atoms with Crippen molar-refractivity contribution < 1.29 is 14.2 Å². The van der Waals surface area contributed by atoms with Crippen molar-refractivity contribution in [3.05, 3.63) is 65.6 Å². The molecule has 1 atom stereocenters. The highest BCUT2D eigenvalue weighted by atomic mass is 16.5. The monoisotopic (exact) mass is 700 g/mol. The Kier molecular flexibility index (Phi) is 8.82. The molecule has 15 nitrogen and oxygen atoms in total. The molecule has 2 aliphatic rings. The Morgan fingerprint density at radius 3 is 2.25 bits per heavy atom. The molecule has 2 saturated heterocycles. The van der Waals surface area contributed by atoms with Gasteiger partial charge in [0.05, 0.1) is 43.5 Å². The molecule has 0 spiro atoms. The van der Waals surface area contributed by atoms with E-state index in [4.69, 9.17) is 14.6 Å². The van der Waals surface area contributed by atoms with Gasteiger partial charge < -0.3 is 20.1 Å². The average molecular weight is 701 g/mol. The largest absolute Gasteiger partial charge is 0.494 e. The summed E-state index contributed by atoms with van der Waals surface area (Å²) >= 11 is 0. The minimum absolute atomic E-state index is 0.296. The van der Waals surface area contributed by atoms with E-state index in [2.05, 4.69) is 56.7 Å². The third kappa shape index (κ3) is 5.81. The molecular weight excluding hydrogens is 658 g/mol. The maximum Gasteiger partial charge on any atom is 0.214 e. The van der Waals surface area contributed by atoms with Crippen molar-refractivity contribution in [3.8, 4) is 46.0 Å². The SMILES string of the molecule is COc1cc(-c2nnn(C3CCNCC3)c2C)cn2c1c(C#N)c[n+]2CC(C)Oc1cc(-c2cnn(C3CCNCC3)c2C)cn2ncc(C#N)c12. The Labute approximate surface area is 300 Å². The van der Waals surface area contributed by atoms with Gasteiger partial charge in [0, 0.05) is 28.6 Å². The number of ether oxygens (including phenoxy) is 2. The van der Waals surface area contributed by atoms with E-state index in [1.807, 2.05) is 57.7 Å². The van der Waals surface area contributed by atoms with Crippen molar-refractivity contribution in [2.45, 2.75) is 71.2 Å². The fraction of sp³-hybridized carbons (Fsp3) is 0.432. The zero-order valence-corrected chi connectivity index (χ0v) is 29.9. The van der Waals surface area contributed by atoms with E-state index in [1.54, 1.807) is 17.8 Å². The Morgan fingerprint density at radius 2 is 1.56 bits per heavy atom. The molecule has 0 aromatic carbocycles. The number of aromatic nitrogens is 9. The van der Waals surface area contributed by atoms with Gasteiger partial charge in [0.15, 0.2) is 22.9 Å². The number of methoxy groups -OCH3 is 1. The van der Waals surface area contributed by atoms with Crippen molar-refractivity contribution >= 4 is 11.0 Å². The summed E-state index contributed by atoms with van der Waals surface area (Å²) in [6.07, 6.45) is 12.9. The molecule has 0 aliphatic carbocycles. The summed E-state index contributed by atoms with van der Waals surface area (Å²) in [6.45, 7) is 10.4. The summed E-state index contributed by atoms with van der Waals surface area (Å²) in [5, 5.41) is 45.4. The van der Waals surface area contributed by atoms with Crippen molar-refractivity contribution in [1.29, 1.82) is 10.5 Å². The molecule has 0 radical (unpaired) electrons. The van der Waals surface area contributed by atoms with Gasteiger partial charge in [-0.3, -0.25) is 4.68 Å². The van der Waals surface area contributed by atoms with E-state index >= 15 is 0 Å². The van der Waals surface area contributed by atoms with Gasteiger partial charge in [-0.2, -0.15) is 20.7 Å². The molecule has 0 saturated carbocycles. The number of nitrogens with one attached hydrogen (secondary N) is 2. The number of piperidine rings is 2. The molecule has 1 unspecified atom stereocenters. The van der Waals surface area contributed by atoms with E-state index in [0.717, 1.165) is 85.6 Å². The van der Waals surface area contributed by atoms with Crippen LogP contribution in [0.3, 0.4) is 0 Å². The molecule has 6 aromatic rings. The van der Waals surface area contributed by atoms with E-state index in [0.29, 0.717) is 52.3 Å². The Bertz CT molecular complexity index is 2360. The number of fused-ring (bicyclic) bond motifs is 2. The number of rotatable bonds is 9. The highest BCUT2D eigenvalue weighted by Gasteiger charge is 2.28. The minimum Gasteiger partial charge on any atom is -0.494 e. The predicted molar refractivity (Wildman–Crippen MR) is 191 cm³/mol. The van der Waals surface area contributed by atoms with Crippen LogP contribution in [0.5, 0.6) is 11.5 Å². The maximum atomic E-state index is 10.2. The third-order valence-corrected chi connectivity index (χ3v) is 10.5. The zero-order valence-electron chi connectivity index (χ0n) is 29.9. The number of nitrogens with zero attached hydrogens (tertiary/aromatic N) is 11. The summed E-state index contributed by atoms with van der Waals surface area (Å²) < 4.78 is 22.3. The van der Waals surface area contributed by atoms with Gasteiger partial charge in [-0.1, -0.05) is 5.21 Å². The second-order valence-corrected chi connectivity index (χ2v) is 13.8. The molecular formula is C37H42N13O2+. The molecule has 8 heterocycles. The Hall–Kier alpha value is -5.77. The third-order valence-electron chi connectivity index (χ3n) is 10.5. The van der Waals surface area contributed by atoms with Crippen molar-refractivity contribution in [2.24, 2.45) is 0 Å². The maximum absolute atomic E-state index is 10.2. The smallest absolute Gasteiger partial charge is 0.214 e. The molecule has 266 valence electrons. The van der Waals surface area contributed by atoms with E-state index in [9.17, 15) is 10.5 Å². The number of hydrogen-bond acceptors (Lipinski definition) is 10. The van der Waals surface area contributed by atoms with Crippen LogP contribution in [0.4, 0.5) is 0 Å². The van der Waals surface area contributed by atoms with E-state index < -0.39 is 0 Å². The standard InChI is InChI=1S/C37H42N13O2/c1-23(52-34-13-26(21-47-36(34)28(15-38)17-42-47)32-18-43-49(24(32)2)30-5-9-40-10-6-30)19-46-20-29(16-39)37-33(51-4)14-27(22-48(37)46)35-25(3)50(45-44-35)31-7-11-41-12-8-31/h13-14,17-18,20-23,30-31,40-41H,5-12,19H2,1-4H3/q+1. The lowest BCUT2D eigenvalue weighted by Gasteiger charge is -2.24. The van der Waals surface area contributed by atoms with E-state index in [-0.39, 0.29) is 6.10 Å². The Balaban J connectivity index is 1.14. The lowest BCUT2D eigenvalue weighted by molar-refractivity contribution is -0.764. The van der Waals surface area contributed by atoms with Crippen molar-refractivity contribution in [1.82, 2.24) is 49.5 Å². The van der Waals surface area contributed by atoms with Crippen LogP contribution in [0.15, 0.2) is 43.1 Å². The summed E-state index contributed by atoms with van der Waals surface area (Å²) in [5.74, 6) is 1.10. The topological polar surface area (TPSA) is 164 Å². The normalized spacial score (nSPS) is 16.3.